The van der Waals surface area contributed by atoms with Crippen LogP contribution < -0.4 is 24.3 Å². The molecule has 12 heteroatoms. The van der Waals surface area contributed by atoms with Gasteiger partial charge in [-0.2, -0.15) is 14.6 Å². The third-order valence-electron chi connectivity index (χ3n) is 4.58. The average molecular weight is 527 g/mol. The van der Waals surface area contributed by atoms with Gasteiger partial charge in [0.05, 0.1) is 26.4 Å². The Labute approximate surface area is 216 Å². The summed E-state index contributed by atoms with van der Waals surface area (Å²) in [6.07, 6.45) is 3.22. The number of methoxy groups -OCH3 is 2. The maximum Gasteiger partial charge on any atom is 0.343 e. The van der Waals surface area contributed by atoms with Gasteiger partial charge in [-0.05, 0) is 55.2 Å². The highest BCUT2D eigenvalue weighted by molar-refractivity contribution is 7.98. The molecule has 186 valence electrons. The first kappa shape index (κ1) is 26.5. The van der Waals surface area contributed by atoms with Gasteiger partial charge < -0.3 is 18.9 Å². The minimum Gasteiger partial charge on any atom is -0.493 e. The third kappa shape index (κ3) is 6.53. The normalized spacial score (nSPS) is 10.8. The molecule has 1 aromatic heterocycles. The second-order valence-electron chi connectivity index (χ2n) is 6.81. The van der Waals surface area contributed by atoms with Gasteiger partial charge in [0.15, 0.2) is 23.0 Å². The van der Waals surface area contributed by atoms with Crippen LogP contribution in [0.5, 0.6) is 23.0 Å². The van der Waals surface area contributed by atoms with Crippen molar-refractivity contribution in [2.45, 2.75) is 12.1 Å². The van der Waals surface area contributed by atoms with E-state index in [1.807, 2.05) is 12.3 Å². The maximum absolute atomic E-state index is 12.7. The summed E-state index contributed by atoms with van der Waals surface area (Å²) in [5, 5.41) is 12.9. The number of anilines is 1. The molecule has 3 rings (SSSR count). The Bertz CT molecular complexity index is 1330. The number of hydrogen-bond acceptors (Lipinski definition) is 11. The van der Waals surface area contributed by atoms with Crippen molar-refractivity contribution in [1.29, 1.82) is 5.26 Å². The number of ether oxygens (including phenoxy) is 4. The number of carbonyl (C=O) groups is 2. The molecule has 0 unspecified atom stereocenters. The van der Waals surface area contributed by atoms with E-state index in [0.717, 1.165) is 11.5 Å². The standard InChI is InChI=1S/C24H22N4O6S2/c1-5-33-20-11-14(10-16(13-25)21(29)26-23-27-24(35-4)28-36-23)6-8-18(20)34-22(30)15-7-9-17(31-2)19(12-15)32-3/h6-12H,5H2,1-4H3,(H,26,27,28,29). The number of thioether (sulfide) groups is 1. The number of aromatic nitrogens is 2. The number of nitriles is 1. The van der Waals surface area contributed by atoms with Crippen LogP contribution in [0.3, 0.4) is 0 Å². The van der Waals surface area contributed by atoms with Crippen LogP contribution in [0.25, 0.3) is 6.08 Å². The second-order valence-corrected chi connectivity index (χ2v) is 8.33. The lowest BCUT2D eigenvalue weighted by atomic mass is 10.1. The Balaban J connectivity index is 1.82. The van der Waals surface area contributed by atoms with Gasteiger partial charge in [-0.25, -0.2) is 4.79 Å². The van der Waals surface area contributed by atoms with Crippen LogP contribution in [-0.4, -0.2) is 48.3 Å². The zero-order valence-corrected chi connectivity index (χ0v) is 21.5. The molecule has 0 aliphatic rings. The summed E-state index contributed by atoms with van der Waals surface area (Å²) in [4.78, 5) is 29.4. The SMILES string of the molecule is CCOc1cc(C=C(C#N)C(=O)Nc2nc(SC)ns2)ccc1OC(=O)c1ccc(OC)c(OC)c1. The van der Waals surface area contributed by atoms with Crippen LogP contribution in [0.15, 0.2) is 47.1 Å². The molecule has 1 N–H and O–H groups in total. The summed E-state index contributed by atoms with van der Waals surface area (Å²) in [6.45, 7) is 2.08. The number of esters is 1. The van der Waals surface area contributed by atoms with E-state index in [9.17, 15) is 14.9 Å². The van der Waals surface area contributed by atoms with Crippen molar-refractivity contribution in [3.8, 4) is 29.1 Å². The highest BCUT2D eigenvalue weighted by atomic mass is 32.2. The van der Waals surface area contributed by atoms with Gasteiger partial charge in [-0.3, -0.25) is 10.1 Å². The van der Waals surface area contributed by atoms with Gasteiger partial charge in [0.1, 0.15) is 11.6 Å². The van der Waals surface area contributed by atoms with Gasteiger partial charge >= 0.3 is 5.97 Å². The fourth-order valence-electron chi connectivity index (χ4n) is 2.91. The third-order valence-corrected chi connectivity index (χ3v) is 5.87. The summed E-state index contributed by atoms with van der Waals surface area (Å²) in [5.74, 6) is 0.0650. The Morgan fingerprint density at radius 2 is 1.86 bits per heavy atom. The van der Waals surface area contributed by atoms with E-state index in [1.165, 1.54) is 44.2 Å². The van der Waals surface area contributed by atoms with E-state index in [-0.39, 0.29) is 27.8 Å². The number of nitrogens with one attached hydrogen (secondary N) is 1. The number of amides is 1. The quantitative estimate of drug-likeness (QED) is 0.133. The van der Waals surface area contributed by atoms with Crippen LogP contribution in [0.2, 0.25) is 0 Å². The van der Waals surface area contributed by atoms with Crippen LogP contribution in [0.1, 0.15) is 22.8 Å². The molecule has 0 aliphatic heterocycles. The molecule has 1 amide bonds. The number of hydrogen-bond donors (Lipinski definition) is 1. The number of carbonyl (C=O) groups excluding carboxylic acids is 2. The molecule has 1 heterocycles. The Morgan fingerprint density at radius 1 is 1.11 bits per heavy atom. The van der Waals surface area contributed by atoms with E-state index in [1.54, 1.807) is 31.2 Å². The minimum atomic E-state index is -0.626. The van der Waals surface area contributed by atoms with E-state index < -0.39 is 11.9 Å². The number of benzene rings is 2. The molecule has 10 nitrogen and oxygen atoms in total. The van der Waals surface area contributed by atoms with Gasteiger partial charge in [0.2, 0.25) is 10.3 Å². The second kappa shape index (κ2) is 12.6. The lowest BCUT2D eigenvalue weighted by Crippen LogP contribution is -2.13. The van der Waals surface area contributed by atoms with Crippen LogP contribution in [0.4, 0.5) is 5.13 Å². The van der Waals surface area contributed by atoms with Crippen molar-refractivity contribution in [3.63, 3.8) is 0 Å². The summed E-state index contributed by atoms with van der Waals surface area (Å²) in [5.41, 5.74) is 0.607. The molecule has 36 heavy (non-hydrogen) atoms. The molecule has 0 spiro atoms. The monoisotopic (exact) mass is 526 g/mol. The number of rotatable bonds is 10. The van der Waals surface area contributed by atoms with E-state index in [0.29, 0.717) is 28.8 Å². The molecule has 0 saturated heterocycles. The molecule has 3 aromatic rings. The largest absolute Gasteiger partial charge is 0.493 e. The zero-order valence-electron chi connectivity index (χ0n) is 19.9. The highest BCUT2D eigenvalue weighted by Crippen LogP contribution is 2.32. The first-order valence-corrected chi connectivity index (χ1v) is 12.4. The van der Waals surface area contributed by atoms with E-state index >= 15 is 0 Å². The lowest BCUT2D eigenvalue weighted by molar-refractivity contribution is -0.112. The van der Waals surface area contributed by atoms with Crippen LogP contribution in [0, 0.1) is 11.3 Å². The molecule has 2 aromatic carbocycles. The van der Waals surface area contributed by atoms with Crippen molar-refractivity contribution in [3.05, 3.63) is 53.1 Å². The molecule has 0 atom stereocenters. The molecule has 0 aliphatic carbocycles. The van der Waals surface area contributed by atoms with Crippen molar-refractivity contribution in [2.24, 2.45) is 0 Å². The summed E-state index contributed by atoms with van der Waals surface area (Å²) in [6, 6.07) is 11.2. The molecular weight excluding hydrogens is 504 g/mol. The molecule has 0 radical (unpaired) electrons. The maximum atomic E-state index is 12.7. The Morgan fingerprint density at radius 3 is 2.50 bits per heavy atom. The zero-order chi connectivity index (χ0) is 26.1. The van der Waals surface area contributed by atoms with Crippen molar-refractivity contribution in [2.75, 3.05) is 32.4 Å². The Kier molecular flexibility index (Phi) is 9.26. The van der Waals surface area contributed by atoms with Crippen LogP contribution in [-0.2, 0) is 4.79 Å². The summed E-state index contributed by atoms with van der Waals surface area (Å²) < 4.78 is 25.7. The average Bonchev–Trinajstić information content (AvgIpc) is 3.35. The smallest absolute Gasteiger partial charge is 0.343 e. The predicted octanol–water partition coefficient (Wildman–Crippen LogP) is 4.44. The van der Waals surface area contributed by atoms with Crippen LogP contribution >= 0.6 is 23.3 Å². The molecule has 0 fully saturated rings. The van der Waals surface area contributed by atoms with Gasteiger partial charge in [0, 0.05) is 11.5 Å². The number of nitrogens with zero attached hydrogens (tertiary/aromatic N) is 3. The van der Waals surface area contributed by atoms with E-state index in [2.05, 4.69) is 14.7 Å². The van der Waals surface area contributed by atoms with Crippen molar-refractivity contribution in [1.82, 2.24) is 9.36 Å². The first-order chi connectivity index (χ1) is 17.4. The highest BCUT2D eigenvalue weighted by Gasteiger charge is 2.17. The summed E-state index contributed by atoms with van der Waals surface area (Å²) >= 11 is 2.36. The van der Waals surface area contributed by atoms with Gasteiger partial charge in [-0.15, -0.1) is 0 Å². The van der Waals surface area contributed by atoms with E-state index in [4.69, 9.17) is 18.9 Å². The van der Waals surface area contributed by atoms with Crippen molar-refractivity contribution >= 4 is 46.4 Å². The topological polar surface area (TPSA) is 133 Å². The molecule has 0 saturated carbocycles. The fourth-order valence-corrected chi connectivity index (χ4v) is 4.03. The predicted molar refractivity (Wildman–Crippen MR) is 136 cm³/mol. The fraction of sp³-hybridized carbons (Fsp3) is 0.208. The van der Waals surface area contributed by atoms with Gasteiger partial charge in [0.25, 0.3) is 5.91 Å². The van der Waals surface area contributed by atoms with Gasteiger partial charge in [-0.1, -0.05) is 17.8 Å². The molecule has 0 bridgehead atoms. The minimum absolute atomic E-state index is 0.145. The molecular formula is C24H22N4O6S2. The Hall–Kier alpha value is -4.08. The van der Waals surface area contributed by atoms with Crippen molar-refractivity contribution < 1.29 is 28.5 Å². The summed E-state index contributed by atoms with van der Waals surface area (Å²) in [7, 11) is 2.97. The first-order valence-electron chi connectivity index (χ1n) is 10.4. The lowest BCUT2D eigenvalue weighted by Gasteiger charge is -2.13.